The third kappa shape index (κ3) is 3.10. The van der Waals surface area contributed by atoms with Gasteiger partial charge in [-0.3, -0.25) is 9.58 Å². The molecule has 24 heavy (non-hydrogen) atoms. The van der Waals surface area contributed by atoms with Gasteiger partial charge in [-0.25, -0.2) is 9.59 Å². The van der Waals surface area contributed by atoms with Gasteiger partial charge in [0.25, 0.3) is 0 Å². The molecule has 0 aliphatic carbocycles. The number of fused-ring (bicyclic) bond motifs is 1. The largest absolute Gasteiger partial charge is 0.479 e. The van der Waals surface area contributed by atoms with Gasteiger partial charge >= 0.3 is 12.1 Å². The number of amides is 1. The molecular formula is C17H19N3O4. The molecule has 1 atom stereocenters. The first-order valence-electron chi connectivity index (χ1n) is 7.86. The first kappa shape index (κ1) is 16.0. The van der Waals surface area contributed by atoms with Gasteiger partial charge in [-0.1, -0.05) is 37.3 Å². The summed E-state index contributed by atoms with van der Waals surface area (Å²) in [5, 5.41) is 13.9. The molecule has 1 aliphatic rings. The minimum Gasteiger partial charge on any atom is -0.479 e. The Labute approximate surface area is 139 Å². The molecule has 1 aliphatic heterocycles. The maximum Gasteiger partial charge on any atom is 0.411 e. The van der Waals surface area contributed by atoms with Crippen molar-refractivity contribution in [3.8, 4) is 0 Å². The van der Waals surface area contributed by atoms with Crippen LogP contribution in [-0.4, -0.2) is 31.8 Å². The van der Waals surface area contributed by atoms with E-state index in [9.17, 15) is 14.7 Å². The maximum absolute atomic E-state index is 12.3. The van der Waals surface area contributed by atoms with Crippen LogP contribution in [0.3, 0.4) is 0 Å². The van der Waals surface area contributed by atoms with Crippen molar-refractivity contribution in [3.05, 3.63) is 53.3 Å². The van der Waals surface area contributed by atoms with Crippen molar-refractivity contribution in [2.45, 2.75) is 39.1 Å². The van der Waals surface area contributed by atoms with Gasteiger partial charge in [0, 0.05) is 18.3 Å². The van der Waals surface area contributed by atoms with E-state index in [1.807, 2.05) is 37.3 Å². The van der Waals surface area contributed by atoms with Crippen molar-refractivity contribution < 1.29 is 19.4 Å². The zero-order chi connectivity index (χ0) is 17.1. The molecule has 0 fully saturated rings. The Hall–Kier alpha value is -2.83. The van der Waals surface area contributed by atoms with E-state index in [0.717, 1.165) is 18.5 Å². The van der Waals surface area contributed by atoms with Gasteiger partial charge in [0.05, 0.1) is 12.2 Å². The second-order valence-electron chi connectivity index (χ2n) is 5.70. The van der Waals surface area contributed by atoms with Gasteiger partial charge in [-0.05, 0) is 12.0 Å². The Morgan fingerprint density at radius 1 is 1.33 bits per heavy atom. The Morgan fingerprint density at radius 2 is 2.08 bits per heavy atom. The third-order valence-electron chi connectivity index (χ3n) is 3.92. The Balaban J connectivity index is 1.72. The number of carboxylic acids is 1. The van der Waals surface area contributed by atoms with Crippen LogP contribution >= 0.6 is 0 Å². The van der Waals surface area contributed by atoms with Crippen molar-refractivity contribution in [1.82, 2.24) is 14.7 Å². The molecule has 0 radical (unpaired) electrons. The van der Waals surface area contributed by atoms with Crippen LogP contribution in [0.25, 0.3) is 0 Å². The zero-order valence-electron chi connectivity index (χ0n) is 13.4. The second kappa shape index (κ2) is 6.74. The van der Waals surface area contributed by atoms with E-state index in [1.165, 1.54) is 4.90 Å². The highest BCUT2D eigenvalue weighted by Crippen LogP contribution is 2.33. The quantitative estimate of drug-likeness (QED) is 0.911. The smallest absolute Gasteiger partial charge is 0.411 e. The number of aryl methyl sites for hydroxylation is 1. The lowest BCUT2D eigenvalue weighted by Gasteiger charge is -2.21. The highest BCUT2D eigenvalue weighted by Gasteiger charge is 2.41. The number of rotatable bonds is 5. The van der Waals surface area contributed by atoms with Crippen LogP contribution < -0.4 is 0 Å². The minimum atomic E-state index is -1.08. The van der Waals surface area contributed by atoms with E-state index in [2.05, 4.69) is 5.10 Å². The SMILES string of the molecule is CCCn1cc2c(n1)CN(C(=O)OCc1ccccc1)C2C(=O)O. The van der Waals surface area contributed by atoms with Crippen molar-refractivity contribution >= 4 is 12.1 Å². The molecule has 0 saturated carbocycles. The van der Waals surface area contributed by atoms with Crippen molar-refractivity contribution in [2.75, 3.05) is 0 Å². The van der Waals surface area contributed by atoms with Crippen molar-refractivity contribution in [3.63, 3.8) is 0 Å². The zero-order valence-corrected chi connectivity index (χ0v) is 13.4. The lowest BCUT2D eigenvalue weighted by Crippen LogP contribution is -2.34. The minimum absolute atomic E-state index is 0.107. The van der Waals surface area contributed by atoms with Crippen LogP contribution in [0.1, 0.15) is 36.2 Å². The first-order chi connectivity index (χ1) is 11.6. The predicted molar refractivity (Wildman–Crippen MR) is 85.1 cm³/mol. The summed E-state index contributed by atoms with van der Waals surface area (Å²) in [6, 6.07) is 8.22. The summed E-state index contributed by atoms with van der Waals surface area (Å²) in [4.78, 5) is 25.2. The fourth-order valence-corrected chi connectivity index (χ4v) is 2.83. The Kier molecular flexibility index (Phi) is 4.50. The molecular weight excluding hydrogens is 310 g/mol. The molecule has 0 saturated heterocycles. The molecule has 2 heterocycles. The van der Waals surface area contributed by atoms with E-state index >= 15 is 0 Å². The van der Waals surface area contributed by atoms with Crippen LogP contribution in [0.4, 0.5) is 4.79 Å². The number of nitrogens with zero attached hydrogens (tertiary/aromatic N) is 3. The van der Waals surface area contributed by atoms with E-state index < -0.39 is 18.1 Å². The van der Waals surface area contributed by atoms with E-state index in [-0.39, 0.29) is 13.2 Å². The topological polar surface area (TPSA) is 84.7 Å². The highest BCUT2D eigenvalue weighted by molar-refractivity contribution is 5.83. The molecule has 1 aromatic carbocycles. The molecule has 1 unspecified atom stereocenters. The van der Waals surface area contributed by atoms with Gasteiger partial charge in [-0.15, -0.1) is 0 Å². The summed E-state index contributed by atoms with van der Waals surface area (Å²) in [5.41, 5.74) is 2.03. The molecule has 7 heteroatoms. The normalized spacial score (nSPS) is 16.0. The number of benzene rings is 1. The van der Waals surface area contributed by atoms with Crippen molar-refractivity contribution in [1.29, 1.82) is 0 Å². The van der Waals surface area contributed by atoms with Gasteiger partial charge in [0.1, 0.15) is 6.61 Å². The Bertz CT molecular complexity index is 742. The lowest BCUT2D eigenvalue weighted by molar-refractivity contribution is -0.142. The molecule has 7 nitrogen and oxygen atoms in total. The predicted octanol–water partition coefficient (Wildman–Crippen LogP) is 2.57. The standard InChI is InChI=1S/C17H19N3O4/c1-2-8-19-9-13-14(18-19)10-20(15(13)16(21)22)17(23)24-11-12-6-4-3-5-7-12/h3-7,9,15H,2,8,10-11H2,1H3,(H,21,22). The number of hydrogen-bond donors (Lipinski definition) is 1. The number of carbonyl (C=O) groups excluding carboxylic acids is 1. The van der Waals surface area contributed by atoms with E-state index in [0.29, 0.717) is 11.3 Å². The number of hydrogen-bond acceptors (Lipinski definition) is 4. The molecule has 1 amide bonds. The van der Waals surface area contributed by atoms with E-state index in [4.69, 9.17) is 4.74 Å². The molecule has 0 bridgehead atoms. The van der Waals surface area contributed by atoms with Crippen LogP contribution in [0, 0.1) is 0 Å². The molecule has 1 aromatic heterocycles. The van der Waals surface area contributed by atoms with Crippen LogP contribution in [-0.2, 0) is 29.2 Å². The summed E-state index contributed by atoms with van der Waals surface area (Å²) in [6.07, 6.45) is 1.97. The molecule has 1 N–H and O–H groups in total. The molecule has 3 rings (SSSR count). The number of aliphatic carboxylic acids is 1. The van der Waals surface area contributed by atoms with Crippen LogP contribution in [0.5, 0.6) is 0 Å². The first-order valence-corrected chi connectivity index (χ1v) is 7.86. The summed E-state index contributed by atoms with van der Waals surface area (Å²) < 4.78 is 6.99. The van der Waals surface area contributed by atoms with Crippen LogP contribution in [0.2, 0.25) is 0 Å². The molecule has 0 spiro atoms. The second-order valence-corrected chi connectivity index (χ2v) is 5.70. The fraction of sp³-hybridized carbons (Fsp3) is 0.353. The summed E-state index contributed by atoms with van der Waals surface area (Å²) in [5.74, 6) is -1.08. The Morgan fingerprint density at radius 3 is 2.75 bits per heavy atom. The summed E-state index contributed by atoms with van der Waals surface area (Å²) in [7, 11) is 0. The number of ether oxygens (including phenoxy) is 1. The number of carboxylic acid groups (broad SMARTS) is 1. The fourth-order valence-electron chi connectivity index (χ4n) is 2.83. The molecule has 126 valence electrons. The average Bonchev–Trinajstić information content (AvgIpc) is 3.10. The third-order valence-corrected chi connectivity index (χ3v) is 3.92. The maximum atomic E-state index is 12.3. The van der Waals surface area contributed by atoms with Crippen LogP contribution in [0.15, 0.2) is 36.5 Å². The van der Waals surface area contributed by atoms with Gasteiger partial charge in [0.2, 0.25) is 0 Å². The average molecular weight is 329 g/mol. The molecule has 2 aromatic rings. The highest BCUT2D eigenvalue weighted by atomic mass is 16.6. The number of aromatic nitrogens is 2. The van der Waals surface area contributed by atoms with Crippen molar-refractivity contribution in [2.24, 2.45) is 0 Å². The summed E-state index contributed by atoms with van der Waals surface area (Å²) in [6.45, 7) is 3.00. The monoisotopic (exact) mass is 329 g/mol. The van der Waals surface area contributed by atoms with Gasteiger partial charge in [0.15, 0.2) is 6.04 Å². The summed E-state index contributed by atoms with van der Waals surface area (Å²) >= 11 is 0. The van der Waals surface area contributed by atoms with E-state index in [1.54, 1.807) is 10.9 Å². The number of carbonyl (C=O) groups is 2. The lowest BCUT2D eigenvalue weighted by atomic mass is 10.1. The van der Waals surface area contributed by atoms with Gasteiger partial charge in [-0.2, -0.15) is 5.10 Å². The van der Waals surface area contributed by atoms with Gasteiger partial charge < -0.3 is 9.84 Å².